The number of carbonyl (C=O) groups excluding carboxylic acids is 1. The van der Waals surface area contributed by atoms with Crippen LogP contribution >= 0.6 is 0 Å². The van der Waals surface area contributed by atoms with Crippen molar-refractivity contribution in [2.75, 3.05) is 20.2 Å². The van der Waals surface area contributed by atoms with Crippen molar-refractivity contribution in [3.63, 3.8) is 0 Å². The fourth-order valence-corrected chi connectivity index (χ4v) is 0.942. The Morgan fingerprint density at radius 3 is 2.43 bits per heavy atom. The quantitative estimate of drug-likeness (QED) is 0.639. The van der Waals surface area contributed by atoms with E-state index in [0.717, 1.165) is 0 Å². The Labute approximate surface area is 86.4 Å². The van der Waals surface area contributed by atoms with Crippen LogP contribution in [0.4, 0.5) is 0 Å². The van der Waals surface area contributed by atoms with Gasteiger partial charge in [-0.25, -0.2) is 0 Å². The zero-order chi connectivity index (χ0) is 11.2. The molecule has 0 aliphatic heterocycles. The van der Waals surface area contributed by atoms with Crippen molar-refractivity contribution in [2.45, 2.75) is 39.3 Å². The van der Waals surface area contributed by atoms with E-state index in [1.54, 1.807) is 7.05 Å². The third-order valence-electron chi connectivity index (χ3n) is 1.73. The van der Waals surface area contributed by atoms with Crippen molar-refractivity contribution < 1.29 is 9.53 Å². The summed E-state index contributed by atoms with van der Waals surface area (Å²) in [6.45, 7) is 9.16. The van der Waals surface area contributed by atoms with Gasteiger partial charge in [0.1, 0.15) is 0 Å². The van der Waals surface area contributed by atoms with Crippen LogP contribution in [0.5, 0.6) is 0 Å². The van der Waals surface area contributed by atoms with Gasteiger partial charge in [0.25, 0.3) is 0 Å². The van der Waals surface area contributed by atoms with Crippen molar-refractivity contribution in [1.82, 2.24) is 10.6 Å². The zero-order valence-electron chi connectivity index (χ0n) is 9.81. The molecule has 1 amide bonds. The summed E-state index contributed by atoms with van der Waals surface area (Å²) in [7, 11) is 1.63. The molecule has 0 saturated heterocycles. The van der Waals surface area contributed by atoms with Crippen molar-refractivity contribution >= 4 is 5.91 Å². The Hall–Kier alpha value is -0.610. The van der Waals surface area contributed by atoms with Gasteiger partial charge in [-0.1, -0.05) is 0 Å². The molecular formula is C10H22N2O2. The molecule has 0 aromatic carbocycles. The van der Waals surface area contributed by atoms with Crippen LogP contribution in [0, 0.1) is 0 Å². The number of carbonyl (C=O) groups is 1. The Morgan fingerprint density at radius 2 is 2.00 bits per heavy atom. The van der Waals surface area contributed by atoms with E-state index < -0.39 is 0 Å². The van der Waals surface area contributed by atoms with Gasteiger partial charge in [-0.3, -0.25) is 4.79 Å². The molecule has 0 spiro atoms. The van der Waals surface area contributed by atoms with E-state index in [-0.39, 0.29) is 17.6 Å². The molecule has 0 heterocycles. The van der Waals surface area contributed by atoms with E-state index in [9.17, 15) is 4.79 Å². The molecule has 0 fully saturated rings. The summed E-state index contributed by atoms with van der Waals surface area (Å²) in [5, 5.41) is 5.65. The number of rotatable bonds is 5. The minimum Gasteiger partial charge on any atom is -0.375 e. The van der Waals surface area contributed by atoms with Crippen LogP contribution in [0.15, 0.2) is 0 Å². The Balaban J connectivity index is 3.50. The maximum absolute atomic E-state index is 11.1. The average Bonchev–Trinajstić information content (AvgIpc) is 2.09. The molecule has 0 radical (unpaired) electrons. The van der Waals surface area contributed by atoms with Crippen molar-refractivity contribution in [1.29, 1.82) is 0 Å². The van der Waals surface area contributed by atoms with Gasteiger partial charge in [0, 0.05) is 13.6 Å². The monoisotopic (exact) mass is 202 g/mol. The highest BCUT2D eigenvalue weighted by Gasteiger charge is 2.11. The van der Waals surface area contributed by atoms with Crippen LogP contribution in [0.3, 0.4) is 0 Å². The average molecular weight is 202 g/mol. The number of nitrogens with one attached hydrogen (secondary N) is 2. The molecule has 1 unspecified atom stereocenters. The van der Waals surface area contributed by atoms with Crippen LogP contribution < -0.4 is 10.6 Å². The second-order valence-electron chi connectivity index (χ2n) is 4.25. The number of ether oxygens (including phenoxy) is 1. The van der Waals surface area contributed by atoms with Gasteiger partial charge >= 0.3 is 0 Å². The summed E-state index contributed by atoms with van der Waals surface area (Å²) in [5.74, 6) is 0.000702. The summed E-state index contributed by atoms with van der Waals surface area (Å²) in [6.07, 6.45) is 0. The Bertz CT molecular complexity index is 175. The molecule has 14 heavy (non-hydrogen) atoms. The smallest absolute Gasteiger partial charge is 0.236 e. The fraction of sp³-hybridized carbons (Fsp3) is 0.900. The maximum atomic E-state index is 11.1. The first kappa shape index (κ1) is 13.4. The summed E-state index contributed by atoms with van der Waals surface area (Å²) >= 11 is 0. The van der Waals surface area contributed by atoms with Crippen LogP contribution in [0.1, 0.15) is 27.7 Å². The first-order chi connectivity index (χ1) is 6.37. The largest absolute Gasteiger partial charge is 0.375 e. The summed E-state index contributed by atoms with van der Waals surface area (Å²) in [5.41, 5.74) is -0.113. The van der Waals surface area contributed by atoms with E-state index in [2.05, 4.69) is 10.6 Å². The van der Waals surface area contributed by atoms with Crippen molar-refractivity contribution in [3.05, 3.63) is 0 Å². The van der Waals surface area contributed by atoms with Gasteiger partial charge in [-0.2, -0.15) is 0 Å². The van der Waals surface area contributed by atoms with Gasteiger partial charge in [0.15, 0.2) is 0 Å². The SMILES string of the molecule is CNC(=O)C(C)NCCOC(C)(C)C. The van der Waals surface area contributed by atoms with E-state index in [4.69, 9.17) is 4.74 Å². The van der Waals surface area contributed by atoms with Crippen LogP contribution in [0.2, 0.25) is 0 Å². The lowest BCUT2D eigenvalue weighted by Crippen LogP contribution is -2.42. The Morgan fingerprint density at radius 1 is 1.43 bits per heavy atom. The predicted octanol–water partition coefficient (Wildman–Crippen LogP) is 0.526. The van der Waals surface area contributed by atoms with E-state index in [1.807, 2.05) is 27.7 Å². The molecule has 0 aromatic heterocycles. The predicted molar refractivity (Wildman–Crippen MR) is 57.2 cm³/mol. The lowest BCUT2D eigenvalue weighted by atomic mass is 10.2. The number of hydrogen-bond donors (Lipinski definition) is 2. The second-order valence-corrected chi connectivity index (χ2v) is 4.25. The fourth-order valence-electron chi connectivity index (χ4n) is 0.942. The molecule has 4 nitrogen and oxygen atoms in total. The molecule has 0 saturated carbocycles. The third kappa shape index (κ3) is 6.86. The topological polar surface area (TPSA) is 50.4 Å². The normalized spacial score (nSPS) is 13.8. The molecule has 0 aromatic rings. The van der Waals surface area contributed by atoms with Gasteiger partial charge in [-0.15, -0.1) is 0 Å². The second kappa shape index (κ2) is 5.98. The molecule has 4 heteroatoms. The Kier molecular flexibility index (Phi) is 5.72. The van der Waals surface area contributed by atoms with E-state index in [1.165, 1.54) is 0 Å². The molecule has 0 aliphatic carbocycles. The lowest BCUT2D eigenvalue weighted by Gasteiger charge is -2.20. The first-order valence-electron chi connectivity index (χ1n) is 4.96. The highest BCUT2D eigenvalue weighted by atomic mass is 16.5. The van der Waals surface area contributed by atoms with Gasteiger partial charge in [0.2, 0.25) is 5.91 Å². The van der Waals surface area contributed by atoms with Crippen LogP contribution in [-0.4, -0.2) is 37.7 Å². The molecular weight excluding hydrogens is 180 g/mol. The number of likely N-dealkylation sites (N-methyl/N-ethyl adjacent to an activating group) is 1. The molecule has 2 N–H and O–H groups in total. The number of amides is 1. The highest BCUT2D eigenvalue weighted by Crippen LogP contribution is 2.05. The standard InChI is InChI=1S/C10H22N2O2/c1-8(9(13)11-5)12-6-7-14-10(2,3)4/h8,12H,6-7H2,1-5H3,(H,11,13). The molecule has 1 atom stereocenters. The summed E-state index contributed by atoms with van der Waals surface area (Å²) < 4.78 is 5.50. The van der Waals surface area contributed by atoms with Crippen LogP contribution in [0.25, 0.3) is 0 Å². The third-order valence-corrected chi connectivity index (χ3v) is 1.73. The first-order valence-corrected chi connectivity index (χ1v) is 4.96. The molecule has 0 bridgehead atoms. The van der Waals surface area contributed by atoms with Crippen molar-refractivity contribution in [2.24, 2.45) is 0 Å². The highest BCUT2D eigenvalue weighted by molar-refractivity contribution is 5.80. The van der Waals surface area contributed by atoms with E-state index >= 15 is 0 Å². The maximum Gasteiger partial charge on any atom is 0.236 e. The molecule has 0 aliphatic rings. The van der Waals surface area contributed by atoms with Gasteiger partial charge in [0.05, 0.1) is 18.2 Å². The minimum absolute atomic E-state index is 0.000702. The van der Waals surface area contributed by atoms with Gasteiger partial charge in [-0.05, 0) is 27.7 Å². The lowest BCUT2D eigenvalue weighted by molar-refractivity contribution is -0.122. The van der Waals surface area contributed by atoms with Crippen LogP contribution in [-0.2, 0) is 9.53 Å². The minimum atomic E-state index is -0.163. The van der Waals surface area contributed by atoms with Crippen molar-refractivity contribution in [3.8, 4) is 0 Å². The van der Waals surface area contributed by atoms with E-state index in [0.29, 0.717) is 13.2 Å². The summed E-state index contributed by atoms with van der Waals surface area (Å²) in [4.78, 5) is 11.1. The van der Waals surface area contributed by atoms with Gasteiger partial charge < -0.3 is 15.4 Å². The molecule has 84 valence electrons. The molecule has 0 rings (SSSR count). The zero-order valence-corrected chi connectivity index (χ0v) is 9.81. The number of hydrogen-bond acceptors (Lipinski definition) is 3. The summed E-state index contributed by atoms with van der Waals surface area (Å²) in [6, 6.07) is -0.163.